The Morgan fingerprint density at radius 1 is 1.04 bits per heavy atom. The fourth-order valence-electron chi connectivity index (χ4n) is 2.20. The van der Waals surface area contributed by atoms with E-state index in [1.54, 1.807) is 18.2 Å². The molecule has 1 aromatic heterocycles. The van der Waals surface area contributed by atoms with Crippen molar-refractivity contribution in [3.63, 3.8) is 0 Å². The Morgan fingerprint density at radius 3 is 2.50 bits per heavy atom. The summed E-state index contributed by atoms with van der Waals surface area (Å²) in [5.41, 5.74) is 2.67. The topological polar surface area (TPSA) is 128 Å². The van der Waals surface area contributed by atoms with Crippen molar-refractivity contribution in [1.82, 2.24) is 5.43 Å². The number of carbonyl (C=O) groups excluding carboxylic acids is 1. The maximum Gasteiger partial charge on any atom is 0.281 e. The van der Waals surface area contributed by atoms with Crippen LogP contribution in [0.25, 0.3) is 10.1 Å². The largest absolute Gasteiger partial charge is 0.281 e. The Hall–Kier alpha value is -3.66. The van der Waals surface area contributed by atoms with Gasteiger partial charge < -0.3 is 0 Å². The lowest BCUT2D eigenvalue weighted by Crippen LogP contribution is -2.16. The van der Waals surface area contributed by atoms with Gasteiger partial charge in [-0.15, -0.1) is 11.3 Å². The van der Waals surface area contributed by atoms with Crippen LogP contribution in [0.1, 0.15) is 15.2 Å². The van der Waals surface area contributed by atoms with Gasteiger partial charge in [0.1, 0.15) is 0 Å². The van der Waals surface area contributed by atoms with E-state index < -0.39 is 15.8 Å². The molecular weight excluding hydrogens is 360 g/mol. The van der Waals surface area contributed by atoms with Gasteiger partial charge in [-0.1, -0.05) is 12.1 Å². The summed E-state index contributed by atoms with van der Waals surface area (Å²) in [4.78, 5) is 33.0. The molecule has 1 amide bonds. The van der Waals surface area contributed by atoms with Crippen molar-refractivity contribution in [2.75, 3.05) is 0 Å². The van der Waals surface area contributed by atoms with Gasteiger partial charge >= 0.3 is 0 Å². The van der Waals surface area contributed by atoms with Crippen molar-refractivity contribution < 1.29 is 14.6 Å². The van der Waals surface area contributed by atoms with Crippen molar-refractivity contribution in [3.05, 3.63) is 79.2 Å². The van der Waals surface area contributed by atoms with Gasteiger partial charge in [0.2, 0.25) is 0 Å². The number of carbonyl (C=O) groups is 1. The van der Waals surface area contributed by atoms with Crippen molar-refractivity contribution in [2.45, 2.75) is 0 Å². The van der Waals surface area contributed by atoms with Crippen LogP contribution in [-0.4, -0.2) is 22.0 Å². The van der Waals surface area contributed by atoms with E-state index in [0.717, 1.165) is 4.70 Å². The summed E-state index contributed by atoms with van der Waals surface area (Å²) in [7, 11) is 0. The van der Waals surface area contributed by atoms with E-state index in [9.17, 15) is 25.0 Å². The third-order valence-electron chi connectivity index (χ3n) is 3.40. The van der Waals surface area contributed by atoms with Crippen LogP contribution in [-0.2, 0) is 0 Å². The second-order valence-corrected chi connectivity index (χ2v) is 6.22. The number of nitrogens with one attached hydrogen (secondary N) is 1. The first-order chi connectivity index (χ1) is 12.4. The van der Waals surface area contributed by atoms with Crippen molar-refractivity contribution >= 4 is 44.9 Å². The summed E-state index contributed by atoms with van der Waals surface area (Å²) < 4.78 is 0.739. The van der Waals surface area contributed by atoms with Gasteiger partial charge in [-0.25, -0.2) is 5.43 Å². The van der Waals surface area contributed by atoms with Crippen LogP contribution in [0.5, 0.6) is 0 Å². The van der Waals surface area contributed by atoms with Gasteiger partial charge in [-0.2, -0.15) is 5.10 Å². The van der Waals surface area contributed by atoms with E-state index in [-0.39, 0.29) is 11.4 Å². The number of nitro benzene ring substituents is 2. The van der Waals surface area contributed by atoms with E-state index in [4.69, 9.17) is 0 Å². The number of nitro groups is 2. The third kappa shape index (κ3) is 3.70. The molecule has 0 fully saturated rings. The molecule has 0 spiro atoms. The number of benzene rings is 2. The standard InChI is InChI=1S/C16H10N4O5S/c21-16(18-17-9-10-2-1-3-12(6-10)19(22)23)15-8-11-7-13(20(24)25)4-5-14(11)26-15/h1-9H,(H,18,21)/b17-9-. The summed E-state index contributed by atoms with van der Waals surface area (Å²) >= 11 is 1.18. The molecule has 0 saturated carbocycles. The van der Waals surface area contributed by atoms with Crippen LogP contribution in [0, 0.1) is 20.2 Å². The zero-order valence-corrected chi connectivity index (χ0v) is 13.8. The van der Waals surface area contributed by atoms with Crippen molar-refractivity contribution in [1.29, 1.82) is 0 Å². The minimum atomic E-state index is -0.522. The zero-order valence-electron chi connectivity index (χ0n) is 13.0. The lowest BCUT2D eigenvalue weighted by molar-refractivity contribution is -0.385. The van der Waals surface area contributed by atoms with E-state index in [1.165, 1.54) is 47.9 Å². The first kappa shape index (κ1) is 17.2. The minimum absolute atomic E-state index is 0.0500. The molecule has 0 atom stereocenters. The number of rotatable bonds is 5. The van der Waals surface area contributed by atoms with Gasteiger partial charge in [0.15, 0.2) is 0 Å². The molecule has 0 aliphatic heterocycles. The summed E-state index contributed by atoms with van der Waals surface area (Å²) in [6.07, 6.45) is 1.29. The lowest BCUT2D eigenvalue weighted by Gasteiger charge is -1.96. The maximum absolute atomic E-state index is 12.1. The molecule has 130 valence electrons. The Morgan fingerprint density at radius 2 is 1.77 bits per heavy atom. The summed E-state index contributed by atoms with van der Waals surface area (Å²) in [6.45, 7) is 0. The Balaban J connectivity index is 1.73. The highest BCUT2D eigenvalue weighted by Crippen LogP contribution is 2.28. The molecule has 2 aromatic carbocycles. The van der Waals surface area contributed by atoms with Gasteiger partial charge in [-0.05, 0) is 12.1 Å². The molecule has 1 heterocycles. The highest BCUT2D eigenvalue weighted by molar-refractivity contribution is 7.20. The highest BCUT2D eigenvalue weighted by Gasteiger charge is 2.13. The molecule has 9 nitrogen and oxygen atoms in total. The first-order valence-electron chi connectivity index (χ1n) is 7.20. The van der Waals surface area contributed by atoms with Gasteiger partial charge in [0, 0.05) is 39.9 Å². The molecule has 10 heteroatoms. The Bertz CT molecular complexity index is 1060. The molecule has 3 aromatic rings. The van der Waals surface area contributed by atoms with Crippen LogP contribution >= 0.6 is 11.3 Å². The summed E-state index contributed by atoms with van der Waals surface area (Å²) in [5, 5.41) is 25.9. The van der Waals surface area contributed by atoms with Crippen LogP contribution in [0.4, 0.5) is 11.4 Å². The highest BCUT2D eigenvalue weighted by atomic mass is 32.1. The Labute approximate surface area is 149 Å². The van der Waals surface area contributed by atoms with E-state index >= 15 is 0 Å². The smallest absolute Gasteiger partial charge is 0.266 e. The third-order valence-corrected chi connectivity index (χ3v) is 4.51. The fourth-order valence-corrected chi connectivity index (χ4v) is 3.13. The average molecular weight is 370 g/mol. The molecular formula is C16H10N4O5S. The van der Waals surface area contributed by atoms with Crippen LogP contribution < -0.4 is 5.43 Å². The van der Waals surface area contributed by atoms with Crippen LogP contribution in [0.3, 0.4) is 0 Å². The maximum atomic E-state index is 12.1. The number of nitrogens with zero attached hydrogens (tertiary/aromatic N) is 3. The molecule has 0 radical (unpaired) electrons. The monoisotopic (exact) mass is 370 g/mol. The second kappa shape index (κ2) is 7.07. The van der Waals surface area contributed by atoms with Gasteiger partial charge in [0.25, 0.3) is 17.3 Å². The van der Waals surface area contributed by atoms with Crippen molar-refractivity contribution in [3.8, 4) is 0 Å². The normalized spacial score (nSPS) is 10.9. The zero-order chi connectivity index (χ0) is 18.7. The number of fused-ring (bicyclic) bond motifs is 1. The van der Waals surface area contributed by atoms with E-state index in [2.05, 4.69) is 10.5 Å². The number of non-ortho nitro benzene ring substituents is 2. The molecule has 0 aliphatic carbocycles. The van der Waals surface area contributed by atoms with Crippen molar-refractivity contribution in [2.24, 2.45) is 5.10 Å². The minimum Gasteiger partial charge on any atom is -0.266 e. The number of hydrogen-bond donors (Lipinski definition) is 1. The average Bonchev–Trinajstić information content (AvgIpc) is 3.05. The molecule has 0 unspecified atom stereocenters. The number of thiophene rings is 1. The van der Waals surface area contributed by atoms with Gasteiger partial charge in [0.05, 0.1) is 20.9 Å². The quantitative estimate of drug-likeness (QED) is 0.418. The second-order valence-electron chi connectivity index (χ2n) is 5.14. The van der Waals surface area contributed by atoms with Crippen LogP contribution in [0.2, 0.25) is 0 Å². The number of hydrazone groups is 1. The Kier molecular flexibility index (Phi) is 4.67. The summed E-state index contributed by atoms with van der Waals surface area (Å²) in [5.74, 6) is -0.476. The predicted octanol–water partition coefficient (Wildman–Crippen LogP) is 3.48. The molecule has 0 aliphatic rings. The first-order valence-corrected chi connectivity index (χ1v) is 8.01. The van der Waals surface area contributed by atoms with E-state index in [0.29, 0.717) is 15.8 Å². The van der Waals surface area contributed by atoms with Crippen LogP contribution in [0.15, 0.2) is 53.6 Å². The predicted molar refractivity (Wildman–Crippen MR) is 96.6 cm³/mol. The number of amides is 1. The summed E-state index contributed by atoms with van der Waals surface area (Å²) in [6, 6.07) is 11.7. The molecule has 0 saturated heterocycles. The molecule has 0 bridgehead atoms. The van der Waals surface area contributed by atoms with E-state index in [1.807, 2.05) is 0 Å². The fraction of sp³-hybridized carbons (Fsp3) is 0. The number of hydrogen-bond acceptors (Lipinski definition) is 7. The molecule has 26 heavy (non-hydrogen) atoms. The SMILES string of the molecule is O=C(N/N=C\c1cccc([N+](=O)[O-])c1)c1cc2cc([N+](=O)[O-])ccc2s1. The lowest BCUT2D eigenvalue weighted by atomic mass is 10.2. The molecule has 3 rings (SSSR count). The van der Waals surface area contributed by atoms with Gasteiger partial charge in [-0.3, -0.25) is 25.0 Å². The molecule has 1 N–H and O–H groups in total.